The maximum Gasteiger partial charge on any atom is 0.248 e. The van der Waals surface area contributed by atoms with Crippen LogP contribution in [0.5, 0.6) is 0 Å². The molecule has 154 valence electrons. The van der Waals surface area contributed by atoms with Crippen molar-refractivity contribution >= 4 is 47.4 Å². The Hall–Kier alpha value is -1.84. The van der Waals surface area contributed by atoms with Gasteiger partial charge >= 0.3 is 0 Å². The molecular weight excluding hydrogens is 469 g/mol. The molecule has 0 radical (unpaired) electrons. The van der Waals surface area contributed by atoms with Gasteiger partial charge in [0.1, 0.15) is 6.54 Å². The summed E-state index contributed by atoms with van der Waals surface area (Å²) in [6.45, 7) is 5.94. The number of carbonyl (C=O) groups is 2. The molecule has 28 heavy (non-hydrogen) atoms. The van der Waals surface area contributed by atoms with Gasteiger partial charge in [-0.3, -0.25) is 9.59 Å². The van der Waals surface area contributed by atoms with Gasteiger partial charge in [0.2, 0.25) is 11.8 Å². The Morgan fingerprint density at radius 2 is 2.00 bits per heavy atom. The zero-order chi connectivity index (χ0) is 19.1. The highest BCUT2D eigenvalue weighted by molar-refractivity contribution is 14.0. The summed E-state index contributed by atoms with van der Waals surface area (Å²) < 4.78 is 0. The lowest BCUT2D eigenvalue weighted by Crippen LogP contribution is -2.40. The predicted octanol–water partition coefficient (Wildman–Crippen LogP) is 1.76. The number of benzene rings is 1. The van der Waals surface area contributed by atoms with Gasteiger partial charge in [-0.25, -0.2) is 4.99 Å². The highest BCUT2D eigenvalue weighted by Crippen LogP contribution is 2.27. The van der Waals surface area contributed by atoms with Crippen LogP contribution in [0.3, 0.4) is 0 Å². The number of anilines is 1. The highest BCUT2D eigenvalue weighted by atomic mass is 127. The van der Waals surface area contributed by atoms with E-state index in [4.69, 9.17) is 0 Å². The monoisotopic (exact) mass is 499 g/mol. The number of carbonyl (C=O) groups excluding carboxylic acids is 2. The van der Waals surface area contributed by atoms with Crippen LogP contribution >= 0.6 is 24.0 Å². The summed E-state index contributed by atoms with van der Waals surface area (Å²) >= 11 is 0. The van der Waals surface area contributed by atoms with E-state index in [1.807, 2.05) is 34.9 Å². The second-order valence-electron chi connectivity index (χ2n) is 6.88. The molecule has 0 spiro atoms. The summed E-state index contributed by atoms with van der Waals surface area (Å²) in [5.41, 5.74) is 2.22. The van der Waals surface area contributed by atoms with Crippen molar-refractivity contribution in [2.45, 2.75) is 32.6 Å². The van der Waals surface area contributed by atoms with E-state index in [2.05, 4.69) is 21.7 Å². The third kappa shape index (κ3) is 5.83. The smallest absolute Gasteiger partial charge is 0.248 e. The molecule has 0 unspecified atom stereocenters. The number of aliphatic imine (C=N–C) groups is 1. The third-order valence-corrected chi connectivity index (χ3v) is 4.97. The Bertz CT molecular complexity index is 710. The lowest BCUT2D eigenvalue weighted by Gasteiger charge is -2.18. The molecular formula is C20H30IN5O2. The summed E-state index contributed by atoms with van der Waals surface area (Å²) in [4.78, 5) is 32.4. The van der Waals surface area contributed by atoms with Crippen LogP contribution in [0.15, 0.2) is 29.3 Å². The molecule has 8 heteroatoms. The fourth-order valence-corrected chi connectivity index (χ4v) is 3.59. The number of hydrogen-bond acceptors (Lipinski definition) is 3. The third-order valence-electron chi connectivity index (χ3n) is 4.97. The first-order valence-corrected chi connectivity index (χ1v) is 9.87. The number of para-hydroxylation sites is 1. The molecule has 2 heterocycles. The minimum Gasteiger partial charge on any atom is -0.357 e. The number of nitrogens with zero attached hydrogens (tertiary/aromatic N) is 3. The predicted molar refractivity (Wildman–Crippen MR) is 122 cm³/mol. The Morgan fingerprint density at radius 1 is 1.18 bits per heavy atom. The standard InChI is InChI=1S/C20H29N5O2.HI/c1-2-21-20(22-11-6-13-24-12-5-9-18(24)26)23-15-19(27)25-14-10-16-7-3-4-8-17(16)25;/h3-4,7-8H,2,5-6,9-15H2,1H3,(H2,21,22,23);1H. The summed E-state index contributed by atoms with van der Waals surface area (Å²) in [5, 5.41) is 6.43. The quantitative estimate of drug-likeness (QED) is 0.260. The lowest BCUT2D eigenvalue weighted by atomic mass is 10.2. The number of rotatable bonds is 7. The molecule has 0 saturated carbocycles. The molecule has 1 saturated heterocycles. The topological polar surface area (TPSA) is 77.0 Å². The molecule has 3 rings (SSSR count). The average molecular weight is 499 g/mol. The molecule has 0 bridgehead atoms. The summed E-state index contributed by atoms with van der Waals surface area (Å²) in [7, 11) is 0. The van der Waals surface area contributed by atoms with Gasteiger partial charge in [-0.05, 0) is 37.8 Å². The molecule has 0 aromatic heterocycles. The van der Waals surface area contributed by atoms with Crippen molar-refractivity contribution in [2.75, 3.05) is 44.2 Å². The molecule has 2 amide bonds. The van der Waals surface area contributed by atoms with Crippen molar-refractivity contribution in [2.24, 2.45) is 4.99 Å². The molecule has 7 nitrogen and oxygen atoms in total. The Labute approximate surface area is 184 Å². The van der Waals surface area contributed by atoms with E-state index in [9.17, 15) is 9.59 Å². The van der Waals surface area contributed by atoms with Crippen LogP contribution in [0.25, 0.3) is 0 Å². The van der Waals surface area contributed by atoms with Crippen molar-refractivity contribution < 1.29 is 9.59 Å². The van der Waals surface area contributed by atoms with E-state index in [0.29, 0.717) is 12.4 Å². The van der Waals surface area contributed by atoms with Gasteiger partial charge in [-0.1, -0.05) is 18.2 Å². The van der Waals surface area contributed by atoms with Crippen molar-refractivity contribution in [3.05, 3.63) is 29.8 Å². The summed E-state index contributed by atoms with van der Waals surface area (Å²) in [6, 6.07) is 8.04. The first kappa shape index (κ1) is 22.4. The number of fused-ring (bicyclic) bond motifs is 1. The van der Waals surface area contributed by atoms with E-state index in [1.54, 1.807) is 0 Å². The molecule has 2 aliphatic heterocycles. The number of nitrogens with one attached hydrogen (secondary N) is 2. The van der Waals surface area contributed by atoms with Crippen LogP contribution in [-0.2, 0) is 16.0 Å². The zero-order valence-electron chi connectivity index (χ0n) is 16.4. The maximum atomic E-state index is 12.6. The van der Waals surface area contributed by atoms with Gasteiger partial charge in [-0.2, -0.15) is 0 Å². The maximum absolute atomic E-state index is 12.6. The molecule has 1 fully saturated rings. The molecule has 0 aliphatic carbocycles. The van der Waals surface area contributed by atoms with Gasteiger partial charge in [0.15, 0.2) is 5.96 Å². The van der Waals surface area contributed by atoms with Crippen LogP contribution in [0.2, 0.25) is 0 Å². The van der Waals surface area contributed by atoms with Crippen molar-refractivity contribution in [1.82, 2.24) is 15.5 Å². The van der Waals surface area contributed by atoms with Gasteiger partial charge in [0.05, 0.1) is 0 Å². The normalized spacial score (nSPS) is 16.0. The van der Waals surface area contributed by atoms with Crippen LogP contribution in [0.4, 0.5) is 5.69 Å². The minimum atomic E-state index is 0. The fraction of sp³-hybridized carbons (Fsp3) is 0.550. The number of halogens is 1. The van der Waals surface area contributed by atoms with Crippen molar-refractivity contribution in [1.29, 1.82) is 0 Å². The number of amides is 2. The fourth-order valence-electron chi connectivity index (χ4n) is 3.59. The minimum absolute atomic E-state index is 0. The largest absolute Gasteiger partial charge is 0.357 e. The van der Waals surface area contributed by atoms with E-state index in [-0.39, 0.29) is 42.3 Å². The summed E-state index contributed by atoms with van der Waals surface area (Å²) in [5.74, 6) is 0.915. The Balaban J connectivity index is 0.00000280. The van der Waals surface area contributed by atoms with E-state index in [0.717, 1.165) is 57.7 Å². The van der Waals surface area contributed by atoms with Crippen molar-refractivity contribution in [3.63, 3.8) is 0 Å². The molecule has 1 aromatic rings. The van der Waals surface area contributed by atoms with Crippen molar-refractivity contribution in [3.8, 4) is 0 Å². The molecule has 0 atom stereocenters. The number of guanidine groups is 1. The zero-order valence-corrected chi connectivity index (χ0v) is 18.8. The SMILES string of the molecule is CCNC(=NCC(=O)N1CCc2ccccc21)NCCCN1CCCC1=O.I. The van der Waals surface area contributed by atoms with Crippen LogP contribution < -0.4 is 15.5 Å². The Kier molecular flexibility index (Phi) is 9.01. The van der Waals surface area contributed by atoms with Crippen LogP contribution in [-0.4, -0.2) is 61.9 Å². The van der Waals surface area contributed by atoms with Gasteiger partial charge in [0.25, 0.3) is 0 Å². The molecule has 1 aromatic carbocycles. The van der Waals surface area contributed by atoms with Gasteiger partial charge < -0.3 is 20.4 Å². The van der Waals surface area contributed by atoms with E-state index in [1.165, 1.54) is 5.56 Å². The molecule has 2 N–H and O–H groups in total. The average Bonchev–Trinajstić information content (AvgIpc) is 3.29. The lowest BCUT2D eigenvalue weighted by molar-refractivity contribution is -0.127. The van der Waals surface area contributed by atoms with Crippen LogP contribution in [0.1, 0.15) is 31.7 Å². The number of likely N-dealkylation sites (tertiary alicyclic amines) is 1. The number of hydrogen-bond donors (Lipinski definition) is 2. The summed E-state index contributed by atoms with van der Waals surface area (Å²) in [6.07, 6.45) is 3.42. The second-order valence-corrected chi connectivity index (χ2v) is 6.88. The Morgan fingerprint density at radius 3 is 2.75 bits per heavy atom. The highest BCUT2D eigenvalue weighted by Gasteiger charge is 2.23. The van der Waals surface area contributed by atoms with Gasteiger partial charge in [0, 0.05) is 44.8 Å². The first-order valence-electron chi connectivity index (χ1n) is 9.87. The first-order chi connectivity index (χ1) is 13.2. The van der Waals surface area contributed by atoms with Gasteiger partial charge in [-0.15, -0.1) is 24.0 Å². The van der Waals surface area contributed by atoms with E-state index >= 15 is 0 Å². The van der Waals surface area contributed by atoms with Crippen LogP contribution in [0, 0.1) is 0 Å². The van der Waals surface area contributed by atoms with E-state index < -0.39 is 0 Å². The second kappa shape index (κ2) is 11.2. The molecule has 2 aliphatic rings.